The minimum absolute atomic E-state index is 0.185. The molecule has 21 heavy (non-hydrogen) atoms. The van der Waals surface area contributed by atoms with E-state index in [4.69, 9.17) is 10.5 Å². The van der Waals surface area contributed by atoms with E-state index in [1.807, 2.05) is 0 Å². The van der Waals surface area contributed by atoms with E-state index in [0.29, 0.717) is 6.07 Å². The second-order valence-corrected chi connectivity index (χ2v) is 3.77. The Balaban J connectivity index is 3.01. The van der Waals surface area contributed by atoms with Gasteiger partial charge < -0.3 is 15.2 Å². The number of aromatic nitrogens is 2. The fourth-order valence-corrected chi connectivity index (χ4v) is 1.25. The number of ether oxygens (including phenoxy) is 2. The second kappa shape index (κ2) is 6.33. The lowest BCUT2D eigenvalue weighted by molar-refractivity contribution is -0.300. The number of hydrogen-bond acceptors (Lipinski definition) is 5. The highest BCUT2D eigenvalue weighted by molar-refractivity contribution is 5.33. The zero-order chi connectivity index (χ0) is 16.3. The van der Waals surface area contributed by atoms with Crippen molar-refractivity contribution in [2.75, 3.05) is 12.3 Å². The number of nitrogens with zero attached hydrogens (tertiary/aromatic N) is 2. The van der Waals surface area contributed by atoms with Gasteiger partial charge in [0.2, 0.25) is 5.88 Å². The predicted molar refractivity (Wildman–Crippen MR) is 58.3 cm³/mol. The van der Waals surface area contributed by atoms with Gasteiger partial charge >= 0.3 is 12.4 Å². The standard InChI is InChI=1S/C10H11F6N3O2/c1-2-20-4-6-18-5(17)3-7(19-6)21-8(9(11,12)13)10(14,15)16/h3,8H,2,4H2,1H3,(H2,17,18,19). The van der Waals surface area contributed by atoms with Crippen molar-refractivity contribution in [2.24, 2.45) is 0 Å². The summed E-state index contributed by atoms with van der Waals surface area (Å²) >= 11 is 0. The number of nitrogens with two attached hydrogens (primary N) is 1. The van der Waals surface area contributed by atoms with Gasteiger partial charge in [-0.25, -0.2) is 4.98 Å². The van der Waals surface area contributed by atoms with E-state index < -0.39 is 24.3 Å². The fraction of sp³-hybridized carbons (Fsp3) is 0.600. The minimum atomic E-state index is -5.64. The monoisotopic (exact) mass is 319 g/mol. The summed E-state index contributed by atoms with van der Waals surface area (Å²) in [6.45, 7) is 1.66. The van der Waals surface area contributed by atoms with E-state index in [2.05, 4.69) is 14.7 Å². The van der Waals surface area contributed by atoms with Crippen molar-refractivity contribution in [3.8, 4) is 5.88 Å². The third-order valence-corrected chi connectivity index (χ3v) is 2.04. The normalized spacial score (nSPS) is 12.8. The van der Waals surface area contributed by atoms with E-state index in [0.717, 1.165) is 0 Å². The Morgan fingerprint density at radius 3 is 2.19 bits per heavy atom. The summed E-state index contributed by atoms with van der Waals surface area (Å²) in [7, 11) is 0. The van der Waals surface area contributed by atoms with Crippen LogP contribution in [0.25, 0.3) is 0 Å². The number of anilines is 1. The molecule has 2 N–H and O–H groups in total. The first-order valence-corrected chi connectivity index (χ1v) is 5.55. The molecular formula is C10H11F6N3O2. The molecule has 1 aromatic heterocycles. The van der Waals surface area contributed by atoms with Crippen LogP contribution in [0, 0.1) is 0 Å². The summed E-state index contributed by atoms with van der Waals surface area (Å²) < 4.78 is 83.0. The Morgan fingerprint density at radius 1 is 1.14 bits per heavy atom. The molecule has 120 valence electrons. The summed E-state index contributed by atoms with van der Waals surface area (Å²) in [5.41, 5.74) is 5.28. The number of nitrogen functional groups attached to an aromatic ring is 1. The number of halogens is 6. The van der Waals surface area contributed by atoms with Gasteiger partial charge in [-0.3, -0.25) is 0 Å². The van der Waals surface area contributed by atoms with Gasteiger partial charge in [-0.15, -0.1) is 0 Å². The first-order chi connectivity index (χ1) is 9.54. The van der Waals surface area contributed by atoms with Gasteiger partial charge in [-0.1, -0.05) is 0 Å². The fourth-order valence-electron chi connectivity index (χ4n) is 1.25. The average Bonchev–Trinajstić information content (AvgIpc) is 2.30. The van der Waals surface area contributed by atoms with Crippen LogP contribution in [-0.2, 0) is 11.3 Å². The first kappa shape index (κ1) is 17.3. The van der Waals surface area contributed by atoms with E-state index in [9.17, 15) is 26.3 Å². The Morgan fingerprint density at radius 2 is 1.71 bits per heavy atom. The Hall–Kier alpha value is -1.78. The largest absolute Gasteiger partial charge is 0.455 e. The first-order valence-electron chi connectivity index (χ1n) is 5.55. The number of alkyl halides is 6. The molecule has 0 spiro atoms. The van der Waals surface area contributed by atoms with Gasteiger partial charge in [-0.2, -0.15) is 31.3 Å². The maximum absolute atomic E-state index is 12.4. The molecule has 0 saturated carbocycles. The van der Waals surface area contributed by atoms with Crippen LogP contribution in [-0.4, -0.2) is 35.0 Å². The predicted octanol–water partition coefficient (Wildman–Crippen LogP) is 2.47. The van der Waals surface area contributed by atoms with Crippen molar-refractivity contribution in [3.05, 3.63) is 11.9 Å². The van der Waals surface area contributed by atoms with Crippen LogP contribution >= 0.6 is 0 Å². The van der Waals surface area contributed by atoms with Crippen LogP contribution in [0.4, 0.5) is 32.2 Å². The molecule has 0 bridgehead atoms. The lowest BCUT2D eigenvalue weighted by Gasteiger charge is -2.23. The Labute approximate surface area is 115 Å². The molecule has 0 aliphatic carbocycles. The third kappa shape index (κ3) is 5.25. The Bertz CT molecular complexity index is 463. The minimum Gasteiger partial charge on any atom is -0.455 e. The number of rotatable bonds is 5. The molecular weight excluding hydrogens is 308 g/mol. The van der Waals surface area contributed by atoms with E-state index in [-0.39, 0.29) is 24.9 Å². The molecule has 0 amide bonds. The van der Waals surface area contributed by atoms with Crippen LogP contribution in [0.2, 0.25) is 0 Å². The highest BCUT2D eigenvalue weighted by atomic mass is 19.4. The Kier molecular flexibility index (Phi) is 5.20. The topological polar surface area (TPSA) is 70.3 Å². The summed E-state index contributed by atoms with van der Waals surface area (Å²) in [5, 5.41) is 0. The van der Waals surface area contributed by atoms with Crippen molar-refractivity contribution in [1.82, 2.24) is 9.97 Å². The van der Waals surface area contributed by atoms with Crippen molar-refractivity contribution in [2.45, 2.75) is 32.0 Å². The molecule has 0 unspecified atom stereocenters. The molecule has 11 heteroatoms. The summed E-state index contributed by atoms with van der Waals surface area (Å²) in [6, 6.07) is 0.667. The van der Waals surface area contributed by atoms with Gasteiger partial charge in [0.15, 0.2) is 5.82 Å². The van der Waals surface area contributed by atoms with Crippen molar-refractivity contribution in [1.29, 1.82) is 0 Å². The lowest BCUT2D eigenvalue weighted by Crippen LogP contribution is -2.46. The van der Waals surface area contributed by atoms with Crippen molar-refractivity contribution < 1.29 is 35.8 Å². The van der Waals surface area contributed by atoms with E-state index in [1.165, 1.54) is 0 Å². The molecule has 0 aliphatic rings. The smallest absolute Gasteiger partial charge is 0.434 e. The molecule has 0 aromatic carbocycles. The summed E-state index contributed by atoms with van der Waals surface area (Å²) in [5.74, 6) is -1.45. The summed E-state index contributed by atoms with van der Waals surface area (Å²) in [4.78, 5) is 7.00. The van der Waals surface area contributed by atoms with Gasteiger partial charge in [0.25, 0.3) is 6.10 Å². The lowest BCUT2D eigenvalue weighted by atomic mass is 10.3. The van der Waals surface area contributed by atoms with Crippen LogP contribution in [0.3, 0.4) is 0 Å². The molecule has 0 radical (unpaired) electrons. The molecule has 0 fully saturated rings. The molecule has 1 rings (SSSR count). The molecule has 0 atom stereocenters. The van der Waals surface area contributed by atoms with Crippen LogP contribution in [0.1, 0.15) is 12.7 Å². The maximum Gasteiger partial charge on any atom is 0.434 e. The molecule has 0 saturated heterocycles. The zero-order valence-electron chi connectivity index (χ0n) is 10.6. The maximum atomic E-state index is 12.4. The van der Waals surface area contributed by atoms with Gasteiger partial charge in [0.05, 0.1) is 0 Å². The quantitative estimate of drug-likeness (QED) is 0.844. The molecule has 1 heterocycles. The second-order valence-electron chi connectivity index (χ2n) is 3.77. The molecule has 0 aliphatic heterocycles. The SMILES string of the molecule is CCOCc1nc(N)cc(OC(C(F)(F)F)C(F)(F)F)n1. The van der Waals surface area contributed by atoms with Crippen LogP contribution < -0.4 is 10.5 Å². The molecule has 5 nitrogen and oxygen atoms in total. The average molecular weight is 319 g/mol. The van der Waals surface area contributed by atoms with Crippen LogP contribution in [0.15, 0.2) is 6.07 Å². The highest BCUT2D eigenvalue weighted by Gasteiger charge is 2.59. The summed E-state index contributed by atoms with van der Waals surface area (Å²) in [6.07, 6.45) is -15.3. The van der Waals surface area contributed by atoms with E-state index in [1.54, 1.807) is 6.92 Å². The number of hydrogen-bond donors (Lipinski definition) is 1. The van der Waals surface area contributed by atoms with Gasteiger partial charge in [-0.05, 0) is 6.92 Å². The van der Waals surface area contributed by atoms with Crippen molar-refractivity contribution in [3.63, 3.8) is 0 Å². The highest BCUT2D eigenvalue weighted by Crippen LogP contribution is 2.36. The van der Waals surface area contributed by atoms with Crippen molar-refractivity contribution >= 4 is 5.82 Å². The van der Waals surface area contributed by atoms with Gasteiger partial charge in [0, 0.05) is 12.7 Å². The van der Waals surface area contributed by atoms with E-state index >= 15 is 0 Å². The third-order valence-electron chi connectivity index (χ3n) is 2.04. The van der Waals surface area contributed by atoms with Crippen LogP contribution in [0.5, 0.6) is 5.88 Å². The molecule has 1 aromatic rings. The zero-order valence-corrected chi connectivity index (χ0v) is 10.6. The van der Waals surface area contributed by atoms with Gasteiger partial charge in [0.1, 0.15) is 12.4 Å².